The topological polar surface area (TPSA) is 17.8 Å². The van der Waals surface area contributed by atoms with Gasteiger partial charge in [-0.1, -0.05) is 25.4 Å². The van der Waals surface area contributed by atoms with E-state index in [0.717, 1.165) is 23.3 Å². The molecule has 2 nitrogen and oxygen atoms in total. The molecule has 1 aliphatic carbocycles. The molecule has 1 heterocycles. The van der Waals surface area contributed by atoms with E-state index in [9.17, 15) is 4.39 Å². The second-order valence-corrected chi connectivity index (χ2v) is 6.59. The Morgan fingerprint density at radius 1 is 1.47 bits per heavy atom. The van der Waals surface area contributed by atoms with Crippen LogP contribution in [0.15, 0.2) is 12.1 Å². The van der Waals surface area contributed by atoms with Crippen LogP contribution in [0.5, 0.6) is 0 Å². The van der Waals surface area contributed by atoms with Crippen LogP contribution in [-0.2, 0) is 6.42 Å². The lowest BCUT2D eigenvalue weighted by atomic mass is 10.2. The first-order valence-corrected chi connectivity index (χ1v) is 7.27. The molecule has 1 aromatic carbocycles. The minimum atomic E-state index is -0.397. The number of rotatable bonds is 3. The van der Waals surface area contributed by atoms with Gasteiger partial charge in [0.25, 0.3) is 0 Å². The van der Waals surface area contributed by atoms with Crippen molar-refractivity contribution in [2.24, 2.45) is 5.41 Å². The van der Waals surface area contributed by atoms with Crippen LogP contribution in [0.2, 0.25) is 5.02 Å². The summed E-state index contributed by atoms with van der Waals surface area (Å²) in [5, 5.41) is 0.115. The molecule has 0 bridgehead atoms. The van der Waals surface area contributed by atoms with Crippen molar-refractivity contribution in [2.75, 3.05) is 5.88 Å². The third-order valence-corrected chi connectivity index (χ3v) is 4.37. The maximum atomic E-state index is 13.7. The van der Waals surface area contributed by atoms with Gasteiger partial charge in [0.15, 0.2) is 0 Å². The van der Waals surface area contributed by atoms with Gasteiger partial charge in [-0.2, -0.15) is 0 Å². The number of hydrogen-bond donors (Lipinski definition) is 0. The van der Waals surface area contributed by atoms with Crippen LogP contribution in [0.1, 0.15) is 32.1 Å². The number of imidazole rings is 1. The predicted octanol–water partition coefficient (Wildman–Crippen LogP) is 4.58. The van der Waals surface area contributed by atoms with Crippen molar-refractivity contribution in [3.63, 3.8) is 0 Å². The Labute approximate surface area is 121 Å². The Morgan fingerprint density at radius 2 is 2.16 bits per heavy atom. The highest BCUT2D eigenvalue weighted by Crippen LogP contribution is 2.56. The zero-order valence-corrected chi connectivity index (χ0v) is 12.4. The molecule has 1 saturated carbocycles. The Hall–Kier alpha value is -0.800. The Morgan fingerprint density at radius 3 is 2.74 bits per heavy atom. The van der Waals surface area contributed by atoms with E-state index in [-0.39, 0.29) is 10.4 Å². The lowest BCUT2D eigenvalue weighted by molar-refractivity contribution is 0.536. The molecule has 1 unspecified atom stereocenters. The summed E-state index contributed by atoms with van der Waals surface area (Å²) in [7, 11) is 0. The van der Waals surface area contributed by atoms with Crippen LogP contribution in [-0.4, -0.2) is 15.4 Å². The summed E-state index contributed by atoms with van der Waals surface area (Å²) in [4.78, 5) is 4.56. The predicted molar refractivity (Wildman–Crippen MR) is 76.6 cm³/mol. The summed E-state index contributed by atoms with van der Waals surface area (Å²) in [6.07, 6.45) is 1.76. The fourth-order valence-corrected chi connectivity index (χ4v) is 2.96. The summed E-state index contributed by atoms with van der Waals surface area (Å²) >= 11 is 11.7. The highest BCUT2D eigenvalue weighted by molar-refractivity contribution is 6.31. The van der Waals surface area contributed by atoms with Gasteiger partial charge in [-0.25, -0.2) is 9.37 Å². The molecular weight excluding hydrogens is 286 g/mol. The molecule has 1 aromatic heterocycles. The fourth-order valence-electron chi connectivity index (χ4n) is 2.63. The van der Waals surface area contributed by atoms with Crippen molar-refractivity contribution in [3.05, 3.63) is 28.8 Å². The minimum Gasteiger partial charge on any atom is -0.324 e. The van der Waals surface area contributed by atoms with E-state index < -0.39 is 5.82 Å². The van der Waals surface area contributed by atoms with Crippen LogP contribution >= 0.6 is 23.2 Å². The van der Waals surface area contributed by atoms with E-state index in [1.165, 1.54) is 6.07 Å². The van der Waals surface area contributed by atoms with E-state index in [2.05, 4.69) is 23.4 Å². The molecule has 0 aliphatic heterocycles. The van der Waals surface area contributed by atoms with Crippen LogP contribution in [0.4, 0.5) is 4.39 Å². The summed E-state index contributed by atoms with van der Waals surface area (Å²) in [5.41, 5.74) is 1.80. The van der Waals surface area contributed by atoms with Gasteiger partial charge >= 0.3 is 0 Å². The van der Waals surface area contributed by atoms with Crippen molar-refractivity contribution < 1.29 is 4.39 Å². The summed E-state index contributed by atoms with van der Waals surface area (Å²) in [6, 6.07) is 3.45. The lowest BCUT2D eigenvalue weighted by Crippen LogP contribution is -2.06. The van der Waals surface area contributed by atoms with Crippen molar-refractivity contribution in [1.82, 2.24) is 9.55 Å². The Balaban J connectivity index is 2.21. The van der Waals surface area contributed by atoms with E-state index in [1.807, 2.05) is 0 Å². The van der Waals surface area contributed by atoms with Crippen LogP contribution < -0.4 is 0 Å². The van der Waals surface area contributed by atoms with Gasteiger partial charge < -0.3 is 4.57 Å². The lowest BCUT2D eigenvalue weighted by Gasteiger charge is -2.10. The molecule has 1 aliphatic rings. The van der Waals surface area contributed by atoms with Crippen LogP contribution in [0.3, 0.4) is 0 Å². The monoisotopic (exact) mass is 300 g/mol. The molecule has 0 saturated heterocycles. The molecule has 0 spiro atoms. The zero-order valence-electron chi connectivity index (χ0n) is 10.9. The SMILES string of the molecule is CC1(C)CC1n1c(CCCl)nc2cc(Cl)c(F)cc21. The molecule has 2 aromatic rings. The Kier molecular flexibility index (Phi) is 3.02. The van der Waals surface area contributed by atoms with Gasteiger partial charge in [0, 0.05) is 24.4 Å². The first-order chi connectivity index (χ1) is 8.94. The average molecular weight is 301 g/mol. The number of alkyl halides is 1. The summed E-state index contributed by atoms with van der Waals surface area (Å²) in [6.45, 7) is 4.42. The molecule has 0 amide bonds. The molecule has 0 radical (unpaired) electrons. The highest BCUT2D eigenvalue weighted by Gasteiger charge is 2.48. The second kappa shape index (κ2) is 4.35. The number of halogens is 3. The number of benzene rings is 1. The maximum Gasteiger partial charge on any atom is 0.144 e. The van der Waals surface area contributed by atoms with Crippen LogP contribution in [0, 0.1) is 11.2 Å². The van der Waals surface area contributed by atoms with Crippen molar-refractivity contribution in [1.29, 1.82) is 0 Å². The molecule has 0 N–H and O–H groups in total. The fraction of sp³-hybridized carbons (Fsp3) is 0.500. The van der Waals surface area contributed by atoms with E-state index in [1.54, 1.807) is 6.07 Å². The van der Waals surface area contributed by atoms with E-state index in [0.29, 0.717) is 18.3 Å². The van der Waals surface area contributed by atoms with E-state index in [4.69, 9.17) is 23.2 Å². The highest BCUT2D eigenvalue weighted by atomic mass is 35.5. The summed E-state index contributed by atoms with van der Waals surface area (Å²) in [5.74, 6) is 1.03. The third-order valence-electron chi connectivity index (χ3n) is 3.90. The molecule has 19 heavy (non-hydrogen) atoms. The molecule has 1 fully saturated rings. The van der Waals surface area contributed by atoms with Crippen molar-refractivity contribution in [3.8, 4) is 0 Å². The molecule has 3 rings (SSSR count). The summed E-state index contributed by atoms with van der Waals surface area (Å²) < 4.78 is 15.8. The molecular formula is C14H15Cl2FN2. The quantitative estimate of drug-likeness (QED) is 0.759. The minimum absolute atomic E-state index is 0.115. The molecule has 5 heteroatoms. The number of fused-ring (bicyclic) bond motifs is 1. The van der Waals surface area contributed by atoms with Crippen LogP contribution in [0.25, 0.3) is 11.0 Å². The molecule has 102 valence electrons. The number of aryl methyl sites for hydroxylation is 1. The number of aromatic nitrogens is 2. The normalized spacial score (nSPS) is 21.0. The average Bonchev–Trinajstić information content (AvgIpc) is 2.80. The third kappa shape index (κ3) is 2.13. The standard InChI is InChI=1S/C14H15Cl2FN2/c1-14(2)7-12(14)19-11-6-9(17)8(16)5-10(11)18-13(19)3-4-15/h5-6,12H,3-4,7H2,1-2H3. The van der Waals surface area contributed by atoms with Gasteiger partial charge in [0.2, 0.25) is 0 Å². The zero-order chi connectivity index (χ0) is 13.8. The van der Waals surface area contributed by atoms with Gasteiger partial charge in [0.05, 0.1) is 16.1 Å². The van der Waals surface area contributed by atoms with Crippen molar-refractivity contribution in [2.45, 2.75) is 32.7 Å². The first-order valence-electron chi connectivity index (χ1n) is 6.36. The van der Waals surface area contributed by atoms with Gasteiger partial charge in [-0.3, -0.25) is 0 Å². The molecule has 1 atom stereocenters. The van der Waals surface area contributed by atoms with E-state index >= 15 is 0 Å². The smallest absolute Gasteiger partial charge is 0.144 e. The maximum absolute atomic E-state index is 13.7. The van der Waals surface area contributed by atoms with Gasteiger partial charge in [-0.05, 0) is 17.9 Å². The first kappa shape index (κ1) is 13.2. The largest absolute Gasteiger partial charge is 0.324 e. The van der Waals surface area contributed by atoms with Gasteiger partial charge in [-0.15, -0.1) is 11.6 Å². The van der Waals surface area contributed by atoms with Crippen molar-refractivity contribution >= 4 is 34.2 Å². The number of nitrogens with zero attached hydrogens (tertiary/aromatic N) is 2. The Bertz CT molecular complexity index is 648. The second-order valence-electron chi connectivity index (χ2n) is 5.80. The van der Waals surface area contributed by atoms with Gasteiger partial charge in [0.1, 0.15) is 11.6 Å². The number of hydrogen-bond acceptors (Lipinski definition) is 1.